The van der Waals surface area contributed by atoms with E-state index < -0.39 is 0 Å². The summed E-state index contributed by atoms with van der Waals surface area (Å²) in [5.41, 5.74) is 8.32. The van der Waals surface area contributed by atoms with Crippen LogP contribution in [0.25, 0.3) is 5.57 Å². The van der Waals surface area contributed by atoms with Crippen LogP contribution in [0.5, 0.6) is 0 Å². The molecule has 4 nitrogen and oxygen atoms in total. The molecule has 0 fully saturated rings. The molecular weight excluding hydrogens is 238 g/mol. The summed E-state index contributed by atoms with van der Waals surface area (Å²) < 4.78 is 0. The lowest BCUT2D eigenvalue weighted by molar-refractivity contribution is -0.114. The SMILES string of the molecule is CN=CC(=CN)c1ccc(N2CCC=CC2=O)cc1. The normalized spacial score (nSPS) is 16.4. The maximum Gasteiger partial charge on any atom is 0.250 e. The van der Waals surface area contributed by atoms with Crippen LogP contribution in [0, 0.1) is 0 Å². The summed E-state index contributed by atoms with van der Waals surface area (Å²) in [6, 6.07) is 7.75. The number of anilines is 1. The first-order valence-electron chi connectivity index (χ1n) is 6.19. The summed E-state index contributed by atoms with van der Waals surface area (Å²) in [7, 11) is 1.70. The smallest absolute Gasteiger partial charge is 0.250 e. The van der Waals surface area contributed by atoms with E-state index in [1.54, 1.807) is 24.2 Å². The van der Waals surface area contributed by atoms with Gasteiger partial charge in [-0.15, -0.1) is 0 Å². The first-order chi connectivity index (χ1) is 9.26. The van der Waals surface area contributed by atoms with E-state index in [0.717, 1.165) is 29.8 Å². The van der Waals surface area contributed by atoms with Crippen molar-refractivity contribution < 1.29 is 4.79 Å². The number of carbonyl (C=O) groups excluding carboxylic acids is 1. The van der Waals surface area contributed by atoms with Gasteiger partial charge in [0.2, 0.25) is 0 Å². The molecule has 0 bridgehead atoms. The Labute approximate surface area is 112 Å². The second kappa shape index (κ2) is 6.00. The van der Waals surface area contributed by atoms with Crippen LogP contribution in [0.15, 0.2) is 47.6 Å². The van der Waals surface area contributed by atoms with Crippen molar-refractivity contribution in [2.24, 2.45) is 10.7 Å². The quantitative estimate of drug-likeness (QED) is 0.840. The van der Waals surface area contributed by atoms with Crippen molar-refractivity contribution in [3.63, 3.8) is 0 Å². The molecule has 0 radical (unpaired) electrons. The molecule has 1 aromatic carbocycles. The lowest BCUT2D eigenvalue weighted by Crippen LogP contribution is -2.32. The summed E-state index contributed by atoms with van der Waals surface area (Å²) in [6.45, 7) is 0.727. The average molecular weight is 255 g/mol. The van der Waals surface area contributed by atoms with Gasteiger partial charge in [0.25, 0.3) is 5.91 Å². The third-order valence-electron chi connectivity index (χ3n) is 3.01. The number of nitrogens with two attached hydrogens (primary N) is 1. The Morgan fingerprint density at radius 1 is 1.37 bits per heavy atom. The number of aliphatic imine (C=N–C) groups is 1. The van der Waals surface area contributed by atoms with E-state index in [0.29, 0.717) is 0 Å². The Bertz CT molecular complexity index is 541. The molecule has 2 N–H and O–H groups in total. The van der Waals surface area contributed by atoms with Crippen LogP contribution in [0.3, 0.4) is 0 Å². The van der Waals surface area contributed by atoms with E-state index >= 15 is 0 Å². The zero-order valence-corrected chi connectivity index (χ0v) is 10.9. The number of hydrogen-bond donors (Lipinski definition) is 1. The second-order valence-corrected chi connectivity index (χ2v) is 4.24. The second-order valence-electron chi connectivity index (χ2n) is 4.24. The highest BCUT2D eigenvalue weighted by Crippen LogP contribution is 2.21. The molecule has 1 amide bonds. The number of allylic oxidation sites excluding steroid dienone is 1. The van der Waals surface area contributed by atoms with Crippen LogP contribution in [0.1, 0.15) is 12.0 Å². The predicted molar refractivity (Wildman–Crippen MR) is 79.1 cm³/mol. The summed E-state index contributed by atoms with van der Waals surface area (Å²) in [5, 5.41) is 0. The fraction of sp³-hybridized carbons (Fsp3) is 0.200. The van der Waals surface area contributed by atoms with Crippen LogP contribution in [0.2, 0.25) is 0 Å². The molecule has 4 heteroatoms. The molecule has 1 aliphatic heterocycles. The standard InChI is InChI=1S/C15H17N3O/c1-17-11-13(10-16)12-5-7-14(8-6-12)18-9-3-2-4-15(18)19/h2,4-8,10-11H,3,9,16H2,1H3. The Hall–Kier alpha value is -2.36. The summed E-state index contributed by atoms with van der Waals surface area (Å²) in [5.74, 6) is 0.0312. The van der Waals surface area contributed by atoms with Gasteiger partial charge in [-0.2, -0.15) is 0 Å². The molecule has 0 aromatic heterocycles. The lowest BCUT2D eigenvalue weighted by atomic mass is 10.1. The van der Waals surface area contributed by atoms with E-state index in [1.807, 2.05) is 30.3 Å². The number of hydrogen-bond acceptors (Lipinski definition) is 3. The van der Waals surface area contributed by atoms with Crippen molar-refractivity contribution >= 4 is 23.4 Å². The Kier molecular flexibility index (Phi) is 4.13. The number of amides is 1. The van der Waals surface area contributed by atoms with Crippen molar-refractivity contribution in [1.29, 1.82) is 0 Å². The highest BCUT2D eigenvalue weighted by atomic mass is 16.2. The molecule has 0 aliphatic carbocycles. The van der Waals surface area contributed by atoms with Gasteiger partial charge in [-0.1, -0.05) is 18.2 Å². The van der Waals surface area contributed by atoms with E-state index in [1.165, 1.54) is 6.20 Å². The largest absolute Gasteiger partial charge is 0.404 e. The highest BCUT2D eigenvalue weighted by molar-refractivity contribution is 6.09. The van der Waals surface area contributed by atoms with Crippen molar-refractivity contribution in [2.75, 3.05) is 18.5 Å². The monoisotopic (exact) mass is 255 g/mol. The molecule has 0 spiro atoms. The molecule has 0 unspecified atom stereocenters. The first-order valence-corrected chi connectivity index (χ1v) is 6.19. The van der Waals surface area contributed by atoms with Gasteiger partial charge in [0, 0.05) is 37.3 Å². The van der Waals surface area contributed by atoms with Crippen LogP contribution in [-0.4, -0.2) is 25.7 Å². The molecule has 1 aliphatic rings. The zero-order valence-electron chi connectivity index (χ0n) is 10.9. The summed E-state index contributed by atoms with van der Waals surface area (Å²) in [6.07, 6.45) is 7.65. The van der Waals surface area contributed by atoms with Crippen LogP contribution in [-0.2, 0) is 4.79 Å². The van der Waals surface area contributed by atoms with Gasteiger partial charge in [-0.3, -0.25) is 9.79 Å². The average Bonchev–Trinajstić information content (AvgIpc) is 2.46. The van der Waals surface area contributed by atoms with Gasteiger partial charge in [-0.05, 0) is 30.2 Å². The van der Waals surface area contributed by atoms with Gasteiger partial charge in [0.05, 0.1) is 0 Å². The van der Waals surface area contributed by atoms with Gasteiger partial charge in [-0.25, -0.2) is 0 Å². The minimum Gasteiger partial charge on any atom is -0.404 e. The van der Waals surface area contributed by atoms with E-state index in [4.69, 9.17) is 5.73 Å². The van der Waals surface area contributed by atoms with Gasteiger partial charge in [0.1, 0.15) is 0 Å². The Morgan fingerprint density at radius 3 is 2.68 bits per heavy atom. The molecular formula is C15H17N3O. The first kappa shape index (κ1) is 13.1. The van der Waals surface area contributed by atoms with Crippen molar-refractivity contribution in [3.05, 3.63) is 48.2 Å². The fourth-order valence-corrected chi connectivity index (χ4v) is 2.03. The van der Waals surface area contributed by atoms with E-state index in [2.05, 4.69) is 4.99 Å². The maximum absolute atomic E-state index is 11.8. The topological polar surface area (TPSA) is 58.7 Å². The number of benzene rings is 1. The van der Waals surface area contributed by atoms with Crippen molar-refractivity contribution in [2.45, 2.75) is 6.42 Å². The van der Waals surface area contributed by atoms with Gasteiger partial charge >= 0.3 is 0 Å². The summed E-state index contributed by atoms with van der Waals surface area (Å²) in [4.78, 5) is 17.5. The minimum atomic E-state index is 0.0312. The molecule has 0 saturated carbocycles. The number of nitrogens with zero attached hydrogens (tertiary/aromatic N) is 2. The van der Waals surface area contributed by atoms with E-state index in [9.17, 15) is 4.79 Å². The molecule has 2 rings (SSSR count). The number of carbonyl (C=O) groups is 1. The third kappa shape index (κ3) is 2.91. The highest BCUT2D eigenvalue weighted by Gasteiger charge is 2.15. The van der Waals surface area contributed by atoms with Crippen LogP contribution < -0.4 is 10.6 Å². The van der Waals surface area contributed by atoms with Crippen LogP contribution >= 0.6 is 0 Å². The Balaban J connectivity index is 2.23. The third-order valence-corrected chi connectivity index (χ3v) is 3.01. The zero-order chi connectivity index (χ0) is 13.7. The van der Waals surface area contributed by atoms with E-state index in [-0.39, 0.29) is 5.91 Å². The van der Waals surface area contributed by atoms with Gasteiger partial charge in [0.15, 0.2) is 0 Å². The number of rotatable bonds is 3. The molecule has 98 valence electrons. The molecule has 1 heterocycles. The lowest BCUT2D eigenvalue weighted by Gasteiger charge is -2.23. The molecule has 1 aromatic rings. The van der Waals surface area contributed by atoms with Crippen molar-refractivity contribution in [1.82, 2.24) is 0 Å². The summed E-state index contributed by atoms with van der Waals surface area (Å²) >= 11 is 0. The molecule has 19 heavy (non-hydrogen) atoms. The minimum absolute atomic E-state index is 0.0312. The predicted octanol–water partition coefficient (Wildman–Crippen LogP) is 1.98. The van der Waals surface area contributed by atoms with Crippen molar-refractivity contribution in [3.8, 4) is 0 Å². The Morgan fingerprint density at radius 2 is 2.11 bits per heavy atom. The molecule has 0 saturated heterocycles. The van der Waals surface area contributed by atoms with Gasteiger partial charge < -0.3 is 10.6 Å². The molecule has 0 atom stereocenters. The maximum atomic E-state index is 11.8. The van der Waals surface area contributed by atoms with Crippen LogP contribution in [0.4, 0.5) is 5.69 Å². The fourth-order valence-electron chi connectivity index (χ4n) is 2.03.